The maximum absolute atomic E-state index is 12.2. The van der Waals surface area contributed by atoms with Crippen LogP contribution in [0.5, 0.6) is 0 Å². The van der Waals surface area contributed by atoms with Crippen LogP contribution in [0.25, 0.3) is 22.6 Å². The summed E-state index contributed by atoms with van der Waals surface area (Å²) in [4.78, 5) is 16.8. The van der Waals surface area contributed by atoms with Gasteiger partial charge in [0.25, 0.3) is 0 Å². The maximum Gasteiger partial charge on any atom is 0.234 e. The molecule has 0 unspecified atom stereocenters. The average molecular weight is 416 g/mol. The lowest BCUT2D eigenvalue weighted by atomic mass is 10.1. The summed E-state index contributed by atoms with van der Waals surface area (Å²) in [6.07, 6.45) is 1.81. The molecule has 2 heterocycles. The minimum atomic E-state index is -0.0766. The molecule has 0 atom stereocenters. The van der Waals surface area contributed by atoms with Crippen molar-refractivity contribution in [3.63, 3.8) is 0 Å². The van der Waals surface area contributed by atoms with Crippen LogP contribution in [0.3, 0.4) is 0 Å². The molecule has 2 aromatic heterocycles. The minimum Gasteiger partial charge on any atom is -0.325 e. The van der Waals surface area contributed by atoms with Crippen molar-refractivity contribution in [3.05, 3.63) is 79.0 Å². The van der Waals surface area contributed by atoms with Gasteiger partial charge in [0.05, 0.1) is 11.4 Å². The normalized spacial score (nSPS) is 10.7. The van der Waals surface area contributed by atoms with E-state index in [9.17, 15) is 4.79 Å². The SMILES string of the molecule is CCn1c(SCC(=O)Nc2ccccc2)nnc1-c1ccc(-c2ccccc2)nc1. The molecule has 1 amide bonds. The van der Waals surface area contributed by atoms with Gasteiger partial charge in [0.1, 0.15) is 0 Å². The molecule has 1 N–H and O–H groups in total. The first-order chi connectivity index (χ1) is 14.7. The Balaban J connectivity index is 1.46. The van der Waals surface area contributed by atoms with Gasteiger partial charge in [0.2, 0.25) is 5.91 Å². The van der Waals surface area contributed by atoms with E-state index in [2.05, 4.69) is 20.5 Å². The summed E-state index contributed by atoms with van der Waals surface area (Å²) < 4.78 is 2.00. The number of hydrogen-bond donors (Lipinski definition) is 1. The molecule has 0 aliphatic heterocycles. The van der Waals surface area contributed by atoms with Crippen molar-refractivity contribution in [1.82, 2.24) is 19.7 Å². The lowest BCUT2D eigenvalue weighted by Gasteiger charge is -2.08. The highest BCUT2D eigenvalue weighted by atomic mass is 32.2. The zero-order chi connectivity index (χ0) is 20.8. The van der Waals surface area contributed by atoms with E-state index in [0.717, 1.165) is 28.3 Å². The number of anilines is 1. The number of nitrogens with zero attached hydrogens (tertiary/aromatic N) is 4. The van der Waals surface area contributed by atoms with E-state index < -0.39 is 0 Å². The molecular formula is C23H21N5OS. The molecule has 0 saturated carbocycles. The summed E-state index contributed by atoms with van der Waals surface area (Å²) in [5.41, 5.74) is 3.66. The third-order valence-corrected chi connectivity index (χ3v) is 5.48. The van der Waals surface area contributed by atoms with Gasteiger partial charge in [-0.25, -0.2) is 0 Å². The topological polar surface area (TPSA) is 72.7 Å². The lowest BCUT2D eigenvalue weighted by molar-refractivity contribution is -0.113. The van der Waals surface area contributed by atoms with Crippen molar-refractivity contribution in [2.24, 2.45) is 0 Å². The zero-order valence-corrected chi connectivity index (χ0v) is 17.3. The Labute approximate surface area is 179 Å². The van der Waals surface area contributed by atoms with Crippen LogP contribution in [-0.2, 0) is 11.3 Å². The highest BCUT2D eigenvalue weighted by molar-refractivity contribution is 7.99. The highest BCUT2D eigenvalue weighted by Crippen LogP contribution is 2.25. The predicted molar refractivity (Wildman–Crippen MR) is 120 cm³/mol. The van der Waals surface area contributed by atoms with Crippen LogP contribution in [0.2, 0.25) is 0 Å². The highest BCUT2D eigenvalue weighted by Gasteiger charge is 2.15. The number of rotatable bonds is 7. The van der Waals surface area contributed by atoms with Gasteiger partial charge in [0, 0.05) is 29.6 Å². The maximum atomic E-state index is 12.2. The van der Waals surface area contributed by atoms with Gasteiger partial charge in [-0.2, -0.15) is 0 Å². The van der Waals surface area contributed by atoms with Gasteiger partial charge < -0.3 is 9.88 Å². The molecule has 0 aliphatic rings. The average Bonchev–Trinajstić information content (AvgIpc) is 3.22. The van der Waals surface area contributed by atoms with Gasteiger partial charge in [-0.1, -0.05) is 60.3 Å². The van der Waals surface area contributed by atoms with E-state index in [4.69, 9.17) is 0 Å². The van der Waals surface area contributed by atoms with Crippen molar-refractivity contribution in [1.29, 1.82) is 0 Å². The molecular weight excluding hydrogens is 394 g/mol. The first-order valence-corrected chi connectivity index (χ1v) is 10.7. The molecule has 4 aromatic rings. The molecule has 2 aromatic carbocycles. The predicted octanol–water partition coefficient (Wildman–Crippen LogP) is 4.76. The standard InChI is InChI=1S/C23H21N5OS/c1-2-28-22(18-13-14-20(24-15-18)17-9-5-3-6-10-17)26-27-23(28)30-16-21(29)25-19-11-7-4-8-12-19/h3-15H,2,16H2,1H3,(H,25,29). The van der Waals surface area contributed by atoms with Crippen LogP contribution in [-0.4, -0.2) is 31.4 Å². The van der Waals surface area contributed by atoms with E-state index in [1.807, 2.05) is 90.5 Å². The first-order valence-electron chi connectivity index (χ1n) is 9.67. The van der Waals surface area contributed by atoms with Crippen LogP contribution >= 0.6 is 11.8 Å². The van der Waals surface area contributed by atoms with Gasteiger partial charge in [0.15, 0.2) is 11.0 Å². The van der Waals surface area contributed by atoms with Crippen LogP contribution in [0, 0.1) is 0 Å². The van der Waals surface area contributed by atoms with E-state index in [1.165, 1.54) is 11.8 Å². The Bertz CT molecular complexity index is 1110. The van der Waals surface area contributed by atoms with Crippen LogP contribution in [0.1, 0.15) is 6.92 Å². The van der Waals surface area contributed by atoms with Crippen LogP contribution in [0.4, 0.5) is 5.69 Å². The molecule has 4 rings (SSSR count). The number of benzene rings is 2. The molecule has 150 valence electrons. The van der Waals surface area contributed by atoms with Crippen LogP contribution in [0.15, 0.2) is 84.1 Å². The van der Waals surface area contributed by atoms with E-state index in [0.29, 0.717) is 11.7 Å². The smallest absolute Gasteiger partial charge is 0.234 e. The third kappa shape index (κ3) is 4.58. The van der Waals surface area contributed by atoms with Gasteiger partial charge in [-0.15, -0.1) is 10.2 Å². The number of pyridine rings is 1. The van der Waals surface area contributed by atoms with E-state index in [-0.39, 0.29) is 11.7 Å². The van der Waals surface area contributed by atoms with Crippen molar-refractivity contribution in [3.8, 4) is 22.6 Å². The van der Waals surface area contributed by atoms with Crippen molar-refractivity contribution >= 4 is 23.4 Å². The van der Waals surface area contributed by atoms with Gasteiger partial charge in [-0.05, 0) is 31.2 Å². The molecule has 0 fully saturated rings. The summed E-state index contributed by atoms with van der Waals surface area (Å²) >= 11 is 1.37. The number of para-hydroxylation sites is 1. The number of amides is 1. The molecule has 0 saturated heterocycles. The van der Waals surface area contributed by atoms with Crippen molar-refractivity contribution in [2.75, 3.05) is 11.1 Å². The minimum absolute atomic E-state index is 0.0766. The molecule has 6 nitrogen and oxygen atoms in total. The fourth-order valence-electron chi connectivity index (χ4n) is 3.05. The number of carbonyl (C=O) groups excluding carboxylic acids is 1. The molecule has 30 heavy (non-hydrogen) atoms. The third-order valence-electron chi connectivity index (χ3n) is 4.51. The fourth-order valence-corrected chi connectivity index (χ4v) is 3.85. The van der Waals surface area contributed by atoms with E-state index >= 15 is 0 Å². The number of thioether (sulfide) groups is 1. The molecule has 0 radical (unpaired) electrons. The number of hydrogen-bond acceptors (Lipinski definition) is 5. The Morgan fingerprint density at radius 2 is 1.67 bits per heavy atom. The Kier molecular flexibility index (Phi) is 6.20. The van der Waals surface area contributed by atoms with Gasteiger partial charge >= 0.3 is 0 Å². The van der Waals surface area contributed by atoms with Crippen molar-refractivity contribution < 1.29 is 4.79 Å². The monoisotopic (exact) mass is 415 g/mol. The first kappa shape index (κ1) is 19.8. The fraction of sp³-hybridized carbons (Fsp3) is 0.130. The second-order valence-corrected chi connectivity index (χ2v) is 7.49. The quantitative estimate of drug-likeness (QED) is 0.441. The summed E-state index contributed by atoms with van der Waals surface area (Å²) in [7, 11) is 0. The second-order valence-electron chi connectivity index (χ2n) is 6.55. The Morgan fingerprint density at radius 1 is 0.933 bits per heavy atom. The largest absolute Gasteiger partial charge is 0.325 e. The summed E-state index contributed by atoms with van der Waals surface area (Å²) in [5, 5.41) is 12.2. The zero-order valence-electron chi connectivity index (χ0n) is 16.5. The summed E-state index contributed by atoms with van der Waals surface area (Å²) in [6, 6.07) is 23.4. The molecule has 0 spiro atoms. The summed E-state index contributed by atoms with van der Waals surface area (Å²) in [5.74, 6) is 0.931. The Morgan fingerprint density at radius 3 is 2.33 bits per heavy atom. The Hall–Kier alpha value is -3.45. The number of carbonyl (C=O) groups is 1. The molecule has 0 bridgehead atoms. The van der Waals surface area contributed by atoms with Crippen LogP contribution < -0.4 is 5.32 Å². The van der Waals surface area contributed by atoms with Crippen molar-refractivity contribution in [2.45, 2.75) is 18.6 Å². The summed E-state index contributed by atoms with van der Waals surface area (Å²) in [6.45, 7) is 2.73. The molecule has 7 heteroatoms. The van der Waals surface area contributed by atoms with E-state index in [1.54, 1.807) is 0 Å². The second kappa shape index (κ2) is 9.37. The number of nitrogens with one attached hydrogen (secondary N) is 1. The number of aromatic nitrogens is 4. The molecule has 0 aliphatic carbocycles. The van der Waals surface area contributed by atoms with Gasteiger partial charge in [-0.3, -0.25) is 9.78 Å². The lowest BCUT2D eigenvalue weighted by Crippen LogP contribution is -2.14.